The van der Waals surface area contributed by atoms with Crippen molar-refractivity contribution in [1.82, 2.24) is 4.90 Å². The molecule has 1 aliphatic rings. The Balaban J connectivity index is 2.64. The highest BCUT2D eigenvalue weighted by atomic mass is 32.3. The molecule has 0 aromatic rings. The Hall–Kier alpha value is -0.850. The molecule has 7 heteroatoms. The summed E-state index contributed by atoms with van der Waals surface area (Å²) >= 11 is 0. The monoisotopic (exact) mass is 295 g/mol. The molecule has 0 aliphatic carbocycles. The summed E-state index contributed by atoms with van der Waals surface area (Å²) in [6.07, 6.45) is 2.13. The van der Waals surface area contributed by atoms with E-state index >= 15 is 0 Å². The summed E-state index contributed by atoms with van der Waals surface area (Å²) in [5, 5.41) is 0. The number of carbonyl (C=O) groups is 1. The third kappa shape index (κ3) is 6.22. The Labute approximate surface area is 114 Å². The molecule has 0 aromatic carbocycles. The van der Waals surface area contributed by atoms with Gasteiger partial charge in [-0.25, -0.2) is 4.79 Å². The van der Waals surface area contributed by atoms with Crippen LogP contribution in [-0.4, -0.2) is 43.4 Å². The van der Waals surface area contributed by atoms with Crippen LogP contribution in [0.2, 0.25) is 0 Å². The van der Waals surface area contributed by atoms with E-state index in [1.807, 2.05) is 0 Å². The maximum Gasteiger partial charge on any atom is 0.410 e. The zero-order valence-electron chi connectivity index (χ0n) is 11.7. The van der Waals surface area contributed by atoms with Crippen LogP contribution in [0.25, 0.3) is 0 Å². The Morgan fingerprint density at radius 3 is 2.53 bits per heavy atom. The maximum atomic E-state index is 12.6. The number of rotatable bonds is 3. The summed E-state index contributed by atoms with van der Waals surface area (Å²) in [5.74, 6) is -0.545. The molecule has 0 bridgehead atoms. The minimum atomic E-state index is -4.49. The highest BCUT2D eigenvalue weighted by Crippen LogP contribution is 2.23. The topological polar surface area (TPSA) is 63.7 Å². The highest BCUT2D eigenvalue weighted by Gasteiger charge is 2.31. The van der Waals surface area contributed by atoms with E-state index in [1.165, 1.54) is 4.90 Å². The summed E-state index contributed by atoms with van der Waals surface area (Å²) in [5.41, 5.74) is -0.592. The van der Waals surface area contributed by atoms with Gasteiger partial charge in [0.25, 0.3) is 0 Å². The predicted molar refractivity (Wildman–Crippen MR) is 70.1 cm³/mol. The minimum Gasteiger partial charge on any atom is -0.444 e. The van der Waals surface area contributed by atoms with E-state index in [9.17, 15) is 17.1 Å². The molecular formula is C12H22FNO4S. The summed E-state index contributed by atoms with van der Waals surface area (Å²) in [6.45, 7) is 5.85. The van der Waals surface area contributed by atoms with E-state index in [0.29, 0.717) is 13.0 Å². The first kappa shape index (κ1) is 16.2. The van der Waals surface area contributed by atoms with Gasteiger partial charge in [0.1, 0.15) is 5.60 Å². The second-order valence-corrected chi connectivity index (χ2v) is 7.34. The smallest absolute Gasteiger partial charge is 0.410 e. The lowest BCUT2D eigenvalue weighted by Crippen LogP contribution is -2.46. The second-order valence-electron chi connectivity index (χ2n) is 5.85. The molecule has 1 amide bonds. The van der Waals surface area contributed by atoms with Gasteiger partial charge in [-0.05, 0) is 46.5 Å². The van der Waals surface area contributed by atoms with Crippen LogP contribution >= 0.6 is 0 Å². The van der Waals surface area contributed by atoms with Crippen molar-refractivity contribution in [3.05, 3.63) is 0 Å². The predicted octanol–water partition coefficient (Wildman–Crippen LogP) is 2.47. The van der Waals surface area contributed by atoms with Gasteiger partial charge in [0, 0.05) is 12.6 Å². The maximum absolute atomic E-state index is 12.6. The number of nitrogens with zero attached hydrogens (tertiary/aromatic N) is 1. The van der Waals surface area contributed by atoms with Crippen molar-refractivity contribution in [1.29, 1.82) is 0 Å². The lowest BCUT2D eigenvalue weighted by atomic mass is 10.0. The quantitative estimate of drug-likeness (QED) is 0.750. The molecule has 1 aliphatic heterocycles. The fourth-order valence-corrected chi connectivity index (χ4v) is 2.69. The molecule has 1 unspecified atom stereocenters. The van der Waals surface area contributed by atoms with Crippen molar-refractivity contribution >= 4 is 16.3 Å². The molecule has 19 heavy (non-hydrogen) atoms. The average Bonchev–Trinajstić information content (AvgIpc) is 2.23. The third-order valence-corrected chi connectivity index (χ3v) is 3.67. The van der Waals surface area contributed by atoms with Crippen molar-refractivity contribution in [2.45, 2.75) is 58.1 Å². The summed E-state index contributed by atoms with van der Waals surface area (Å²) in [6, 6.07) is -0.255. The van der Waals surface area contributed by atoms with Gasteiger partial charge < -0.3 is 9.64 Å². The van der Waals surface area contributed by atoms with Gasteiger partial charge in [-0.15, -0.1) is 3.89 Å². The number of ether oxygens (including phenoxy) is 1. The van der Waals surface area contributed by atoms with Crippen LogP contribution in [0, 0.1) is 0 Å². The van der Waals surface area contributed by atoms with Crippen molar-refractivity contribution in [3.63, 3.8) is 0 Å². The number of hydrogen-bond acceptors (Lipinski definition) is 4. The molecule has 0 radical (unpaired) electrons. The molecule has 5 nitrogen and oxygen atoms in total. The molecule has 0 N–H and O–H groups in total. The number of hydrogen-bond donors (Lipinski definition) is 0. The zero-order valence-corrected chi connectivity index (χ0v) is 12.5. The first-order chi connectivity index (χ1) is 8.58. The van der Waals surface area contributed by atoms with Crippen LogP contribution in [-0.2, 0) is 15.0 Å². The second kappa shape index (κ2) is 6.07. The van der Waals surface area contributed by atoms with E-state index in [0.717, 1.165) is 12.8 Å². The number of likely N-dealkylation sites (tertiary alicyclic amines) is 1. The summed E-state index contributed by atoms with van der Waals surface area (Å²) < 4.78 is 39.0. The van der Waals surface area contributed by atoms with E-state index in [-0.39, 0.29) is 12.5 Å². The van der Waals surface area contributed by atoms with E-state index in [4.69, 9.17) is 4.74 Å². The molecule has 1 rings (SSSR count). The molecule has 1 atom stereocenters. The Bertz CT molecular complexity index is 416. The van der Waals surface area contributed by atoms with Crippen LogP contribution in [0.1, 0.15) is 46.5 Å². The summed E-state index contributed by atoms with van der Waals surface area (Å²) in [7, 11) is -4.49. The first-order valence-corrected chi connectivity index (χ1v) is 8.06. The largest absolute Gasteiger partial charge is 0.444 e. The van der Waals surface area contributed by atoms with Gasteiger partial charge in [0.15, 0.2) is 0 Å². The van der Waals surface area contributed by atoms with Crippen LogP contribution in [0.5, 0.6) is 0 Å². The van der Waals surface area contributed by atoms with Gasteiger partial charge in [-0.1, -0.05) is 0 Å². The van der Waals surface area contributed by atoms with Crippen LogP contribution < -0.4 is 0 Å². The Morgan fingerprint density at radius 1 is 1.37 bits per heavy atom. The fourth-order valence-electron chi connectivity index (χ4n) is 2.14. The number of piperidine rings is 1. The molecule has 1 fully saturated rings. The molecule has 0 saturated carbocycles. The first-order valence-electron chi connectivity index (χ1n) is 6.50. The third-order valence-electron chi connectivity index (χ3n) is 2.95. The van der Waals surface area contributed by atoms with Crippen molar-refractivity contribution in [3.8, 4) is 0 Å². The normalized spacial score (nSPS) is 21.3. The molecule has 0 spiro atoms. The van der Waals surface area contributed by atoms with E-state index in [2.05, 4.69) is 0 Å². The van der Waals surface area contributed by atoms with Gasteiger partial charge in [-0.2, -0.15) is 8.42 Å². The Kier molecular flexibility index (Phi) is 5.18. The lowest BCUT2D eigenvalue weighted by Gasteiger charge is -2.36. The van der Waals surface area contributed by atoms with Crippen LogP contribution in [0.4, 0.5) is 8.68 Å². The SMILES string of the molecule is CC(C)(C)OC(=O)N1CCCCC1CCS(=O)(=O)F. The molecule has 0 aromatic heterocycles. The van der Waals surface area contributed by atoms with Crippen LogP contribution in [0.3, 0.4) is 0 Å². The highest BCUT2D eigenvalue weighted by molar-refractivity contribution is 7.86. The van der Waals surface area contributed by atoms with Gasteiger partial charge in [0.05, 0.1) is 5.75 Å². The Morgan fingerprint density at radius 2 is 2.00 bits per heavy atom. The van der Waals surface area contributed by atoms with E-state index < -0.39 is 27.7 Å². The average molecular weight is 295 g/mol. The van der Waals surface area contributed by atoms with Gasteiger partial charge in [-0.3, -0.25) is 0 Å². The molecule has 1 saturated heterocycles. The lowest BCUT2D eigenvalue weighted by molar-refractivity contribution is 0.00949. The fraction of sp³-hybridized carbons (Fsp3) is 0.917. The zero-order chi connectivity index (χ0) is 14.7. The number of amides is 1. The number of carbonyl (C=O) groups excluding carboxylic acids is 1. The number of halogens is 1. The van der Waals surface area contributed by atoms with Crippen LogP contribution in [0.15, 0.2) is 0 Å². The minimum absolute atomic E-state index is 0.123. The van der Waals surface area contributed by atoms with Crippen molar-refractivity contribution < 1.29 is 21.8 Å². The van der Waals surface area contributed by atoms with Crippen molar-refractivity contribution in [2.24, 2.45) is 0 Å². The van der Waals surface area contributed by atoms with Gasteiger partial charge in [0.2, 0.25) is 0 Å². The van der Waals surface area contributed by atoms with Crippen molar-refractivity contribution in [2.75, 3.05) is 12.3 Å². The van der Waals surface area contributed by atoms with Gasteiger partial charge >= 0.3 is 16.3 Å². The molecule has 1 heterocycles. The molecule has 112 valence electrons. The van der Waals surface area contributed by atoms with E-state index in [1.54, 1.807) is 20.8 Å². The molecular weight excluding hydrogens is 273 g/mol. The standard InChI is InChI=1S/C12H22FNO4S/c1-12(2,3)18-11(15)14-8-5-4-6-10(14)7-9-19(13,16)17/h10H,4-9H2,1-3H3. The summed E-state index contributed by atoms with van der Waals surface area (Å²) in [4.78, 5) is 13.5.